The summed E-state index contributed by atoms with van der Waals surface area (Å²) < 4.78 is 11.2. The lowest BCUT2D eigenvalue weighted by Crippen LogP contribution is -2.25. The van der Waals surface area contributed by atoms with E-state index in [0.29, 0.717) is 22.9 Å². The summed E-state index contributed by atoms with van der Waals surface area (Å²) in [5.74, 6) is 1.55. The summed E-state index contributed by atoms with van der Waals surface area (Å²) in [6.45, 7) is 0. The van der Waals surface area contributed by atoms with Crippen molar-refractivity contribution in [3.05, 3.63) is 36.4 Å². The predicted molar refractivity (Wildman–Crippen MR) is 135 cm³/mol. The number of methoxy groups -OCH3 is 2. The van der Waals surface area contributed by atoms with E-state index in [1.807, 2.05) is 36.4 Å². The van der Waals surface area contributed by atoms with Gasteiger partial charge in [0.2, 0.25) is 11.8 Å². The van der Waals surface area contributed by atoms with E-state index in [4.69, 9.17) is 9.47 Å². The molecule has 34 heavy (non-hydrogen) atoms. The van der Waals surface area contributed by atoms with E-state index < -0.39 is 0 Å². The fraction of sp³-hybridized carbons (Fsp3) is 0.500. The molecule has 0 aliphatic heterocycles. The zero-order valence-corrected chi connectivity index (χ0v) is 20.3. The lowest BCUT2D eigenvalue weighted by Gasteiger charge is -2.22. The van der Waals surface area contributed by atoms with Crippen molar-refractivity contribution in [1.82, 2.24) is 0 Å². The molecule has 6 heteroatoms. The van der Waals surface area contributed by atoms with Gasteiger partial charge in [0.05, 0.1) is 25.6 Å². The van der Waals surface area contributed by atoms with Crippen molar-refractivity contribution in [2.75, 3.05) is 24.9 Å². The van der Waals surface area contributed by atoms with Crippen LogP contribution in [0.25, 0.3) is 11.1 Å². The van der Waals surface area contributed by atoms with Gasteiger partial charge in [-0.1, -0.05) is 50.7 Å². The van der Waals surface area contributed by atoms with Crippen molar-refractivity contribution in [3.63, 3.8) is 0 Å². The summed E-state index contributed by atoms with van der Waals surface area (Å²) in [6, 6.07) is 11.6. The smallest absolute Gasteiger partial charge is 0.227 e. The third kappa shape index (κ3) is 5.72. The average Bonchev–Trinajstić information content (AvgIpc) is 2.90. The summed E-state index contributed by atoms with van der Waals surface area (Å²) in [4.78, 5) is 25.4. The van der Waals surface area contributed by atoms with Crippen molar-refractivity contribution >= 4 is 23.2 Å². The van der Waals surface area contributed by atoms with Crippen LogP contribution in [0.15, 0.2) is 36.4 Å². The number of amides is 2. The summed E-state index contributed by atoms with van der Waals surface area (Å²) in [5.41, 5.74) is 3.25. The van der Waals surface area contributed by atoms with Crippen molar-refractivity contribution in [1.29, 1.82) is 0 Å². The molecular weight excluding hydrogens is 428 g/mol. The highest BCUT2D eigenvalue weighted by Gasteiger charge is 2.23. The lowest BCUT2D eigenvalue weighted by atomic mass is 9.88. The molecule has 2 amide bonds. The first kappa shape index (κ1) is 24.1. The summed E-state index contributed by atoms with van der Waals surface area (Å²) in [6.07, 6.45) is 10.7. The normalized spacial score (nSPS) is 17.1. The quantitative estimate of drug-likeness (QED) is 0.496. The van der Waals surface area contributed by atoms with Crippen LogP contribution in [0.1, 0.15) is 64.2 Å². The Bertz CT molecular complexity index is 926. The Morgan fingerprint density at radius 3 is 1.38 bits per heavy atom. The molecule has 0 unspecified atom stereocenters. The number of ether oxygens (including phenoxy) is 2. The molecule has 4 rings (SSSR count). The van der Waals surface area contributed by atoms with Gasteiger partial charge in [0, 0.05) is 11.8 Å². The second-order valence-corrected chi connectivity index (χ2v) is 9.48. The number of rotatable bonds is 7. The molecule has 0 heterocycles. The standard InChI is InChI=1S/C28H36N2O4/c1-33-25-17-21(13-15-23(25)29-27(31)19-9-5-3-6-10-19)22-14-16-24(26(18-22)34-2)30-28(32)20-11-7-4-8-12-20/h13-20H,3-12H2,1-2H3,(H,29,31)(H,30,32). The van der Waals surface area contributed by atoms with Gasteiger partial charge in [-0.15, -0.1) is 0 Å². The summed E-state index contributed by atoms with van der Waals surface area (Å²) in [5, 5.41) is 6.12. The minimum Gasteiger partial charge on any atom is -0.495 e. The van der Waals surface area contributed by atoms with E-state index in [0.717, 1.165) is 62.5 Å². The molecule has 2 saturated carbocycles. The maximum Gasteiger partial charge on any atom is 0.227 e. The molecule has 2 aromatic rings. The molecule has 0 bridgehead atoms. The lowest BCUT2D eigenvalue weighted by molar-refractivity contribution is -0.121. The number of hydrogen-bond donors (Lipinski definition) is 2. The van der Waals surface area contributed by atoms with E-state index in [1.54, 1.807) is 14.2 Å². The van der Waals surface area contributed by atoms with E-state index in [2.05, 4.69) is 10.6 Å². The van der Waals surface area contributed by atoms with Gasteiger partial charge in [0.25, 0.3) is 0 Å². The van der Waals surface area contributed by atoms with E-state index in [1.165, 1.54) is 12.8 Å². The van der Waals surface area contributed by atoms with E-state index >= 15 is 0 Å². The minimum atomic E-state index is 0.0745. The van der Waals surface area contributed by atoms with Crippen LogP contribution in [0.5, 0.6) is 11.5 Å². The summed E-state index contributed by atoms with van der Waals surface area (Å²) in [7, 11) is 3.22. The zero-order valence-electron chi connectivity index (χ0n) is 20.3. The Kier molecular flexibility index (Phi) is 8.09. The van der Waals surface area contributed by atoms with Gasteiger partial charge in [-0.05, 0) is 61.1 Å². The van der Waals surface area contributed by atoms with Crippen LogP contribution < -0.4 is 20.1 Å². The monoisotopic (exact) mass is 464 g/mol. The molecule has 0 aromatic heterocycles. The Balaban J connectivity index is 1.49. The van der Waals surface area contributed by atoms with Gasteiger partial charge in [-0.2, -0.15) is 0 Å². The first-order valence-electron chi connectivity index (χ1n) is 12.6. The Morgan fingerprint density at radius 1 is 0.647 bits per heavy atom. The second kappa shape index (κ2) is 11.4. The van der Waals surface area contributed by atoms with Crippen LogP contribution in [-0.2, 0) is 9.59 Å². The highest BCUT2D eigenvalue weighted by molar-refractivity contribution is 5.95. The molecule has 2 aliphatic carbocycles. The van der Waals surface area contributed by atoms with E-state index in [9.17, 15) is 9.59 Å². The van der Waals surface area contributed by atoms with Gasteiger partial charge in [-0.3, -0.25) is 9.59 Å². The number of carbonyl (C=O) groups is 2. The first-order valence-corrected chi connectivity index (χ1v) is 12.6. The first-order chi connectivity index (χ1) is 16.6. The largest absolute Gasteiger partial charge is 0.495 e. The molecule has 2 N–H and O–H groups in total. The van der Waals surface area contributed by atoms with Gasteiger partial charge < -0.3 is 20.1 Å². The zero-order chi connectivity index (χ0) is 23.9. The molecule has 0 spiro atoms. The molecule has 0 atom stereocenters. The van der Waals surface area contributed by atoms with Crippen LogP contribution in [0.2, 0.25) is 0 Å². The fourth-order valence-electron chi connectivity index (χ4n) is 5.15. The number of nitrogens with one attached hydrogen (secondary N) is 2. The SMILES string of the molecule is COc1cc(-c2ccc(NC(=O)C3CCCCC3)c(OC)c2)ccc1NC(=O)C1CCCCC1. The predicted octanol–water partition coefficient (Wildman–Crippen LogP) is 6.41. The fourth-order valence-corrected chi connectivity index (χ4v) is 5.15. The molecule has 0 saturated heterocycles. The maximum absolute atomic E-state index is 12.7. The Morgan fingerprint density at radius 2 is 1.03 bits per heavy atom. The van der Waals surface area contributed by atoms with Crippen LogP contribution >= 0.6 is 0 Å². The van der Waals surface area contributed by atoms with Crippen molar-refractivity contribution in [2.24, 2.45) is 11.8 Å². The summed E-state index contributed by atoms with van der Waals surface area (Å²) >= 11 is 0. The molecule has 2 aliphatic rings. The molecule has 182 valence electrons. The van der Waals surface area contributed by atoms with Crippen molar-refractivity contribution in [3.8, 4) is 22.6 Å². The molecule has 2 aromatic carbocycles. The van der Waals surface area contributed by atoms with Crippen molar-refractivity contribution in [2.45, 2.75) is 64.2 Å². The van der Waals surface area contributed by atoms with Gasteiger partial charge in [-0.25, -0.2) is 0 Å². The van der Waals surface area contributed by atoms with Crippen molar-refractivity contribution < 1.29 is 19.1 Å². The van der Waals surface area contributed by atoms with Gasteiger partial charge in [0.15, 0.2) is 0 Å². The third-order valence-corrected chi connectivity index (χ3v) is 7.20. The number of anilines is 2. The van der Waals surface area contributed by atoms with Crippen LogP contribution in [0, 0.1) is 11.8 Å². The highest BCUT2D eigenvalue weighted by Crippen LogP contribution is 2.36. The van der Waals surface area contributed by atoms with Crippen LogP contribution in [0.3, 0.4) is 0 Å². The van der Waals surface area contributed by atoms with Gasteiger partial charge >= 0.3 is 0 Å². The molecule has 6 nitrogen and oxygen atoms in total. The number of benzene rings is 2. The molecule has 2 fully saturated rings. The number of hydrogen-bond acceptors (Lipinski definition) is 4. The topological polar surface area (TPSA) is 76.7 Å². The maximum atomic E-state index is 12.7. The minimum absolute atomic E-state index is 0.0745. The van der Waals surface area contributed by atoms with E-state index in [-0.39, 0.29) is 23.7 Å². The Labute approximate surface area is 202 Å². The average molecular weight is 465 g/mol. The number of carbonyl (C=O) groups excluding carboxylic acids is 2. The van der Waals surface area contributed by atoms with Crippen LogP contribution in [0.4, 0.5) is 11.4 Å². The second-order valence-electron chi connectivity index (χ2n) is 9.48. The van der Waals surface area contributed by atoms with Crippen LogP contribution in [-0.4, -0.2) is 26.0 Å². The highest BCUT2D eigenvalue weighted by atomic mass is 16.5. The van der Waals surface area contributed by atoms with Gasteiger partial charge in [0.1, 0.15) is 11.5 Å². The third-order valence-electron chi connectivity index (χ3n) is 7.20. The Hall–Kier alpha value is -3.02. The molecule has 0 radical (unpaired) electrons. The molecular formula is C28H36N2O4.